The van der Waals surface area contributed by atoms with Crippen LogP contribution in [-0.2, 0) is 0 Å². The summed E-state index contributed by atoms with van der Waals surface area (Å²) in [6.07, 6.45) is 2.48. The van der Waals surface area contributed by atoms with Gasteiger partial charge in [0.25, 0.3) is 0 Å². The number of nitrogens with one attached hydrogen (secondary N) is 1. The minimum Gasteiger partial charge on any atom is -0.493 e. The summed E-state index contributed by atoms with van der Waals surface area (Å²) in [6, 6.07) is 7.26. The predicted molar refractivity (Wildman–Crippen MR) is 143 cm³/mol. The molecule has 0 bridgehead atoms. The van der Waals surface area contributed by atoms with E-state index in [9.17, 15) is 0 Å². The highest BCUT2D eigenvalue weighted by atomic mass is 35.5. The van der Waals surface area contributed by atoms with Crippen molar-refractivity contribution in [3.05, 3.63) is 57.5 Å². The lowest BCUT2D eigenvalue weighted by atomic mass is 10.1. The number of hydrogen-bond donors (Lipinski definition) is 1. The third-order valence-corrected chi connectivity index (χ3v) is 6.95. The van der Waals surface area contributed by atoms with Gasteiger partial charge in [-0.3, -0.25) is 4.98 Å². The first-order chi connectivity index (χ1) is 16.9. The van der Waals surface area contributed by atoms with E-state index >= 15 is 0 Å². The van der Waals surface area contributed by atoms with Gasteiger partial charge in [0.15, 0.2) is 11.5 Å². The van der Waals surface area contributed by atoms with Crippen LogP contribution in [0.1, 0.15) is 12.0 Å². The molecule has 2 heterocycles. The Bertz CT molecular complexity index is 1250. The number of piperazine rings is 1. The Morgan fingerprint density at radius 1 is 1.09 bits per heavy atom. The van der Waals surface area contributed by atoms with E-state index < -0.39 is 0 Å². The molecular weight excluding hydrogens is 485 g/mol. The second kappa shape index (κ2) is 11.3. The average Bonchev–Trinajstić information content (AvgIpc) is 2.85. The number of halogens is 2. The first kappa shape index (κ1) is 25.3. The smallest absolute Gasteiger partial charge is 0.228 e. The van der Waals surface area contributed by atoms with Gasteiger partial charge in [-0.1, -0.05) is 23.2 Å². The Morgan fingerprint density at radius 2 is 1.86 bits per heavy atom. The van der Waals surface area contributed by atoms with E-state index in [1.165, 1.54) is 0 Å². The number of aryl methyl sites for hydroxylation is 1. The topological polar surface area (TPSA) is 54.2 Å². The normalized spacial score (nSPS) is 14.6. The van der Waals surface area contributed by atoms with Gasteiger partial charge in [-0.05, 0) is 44.2 Å². The molecule has 1 aromatic heterocycles. The molecule has 1 aliphatic heterocycles. The minimum atomic E-state index is 0.379. The van der Waals surface area contributed by atoms with Gasteiger partial charge in [-0.2, -0.15) is 0 Å². The van der Waals surface area contributed by atoms with Crippen LogP contribution < -0.4 is 14.8 Å². The second-order valence-corrected chi connectivity index (χ2v) is 9.52. The Kier molecular flexibility index (Phi) is 8.19. The SMILES string of the molecule is [C-]#[N+]c1cnc2cc(OCCCN3CCN(C)CC3)c(OC)cc2c1Nc1cc(C)c(Cl)cc1Cl. The van der Waals surface area contributed by atoms with Crippen LogP contribution >= 0.6 is 23.2 Å². The molecule has 0 amide bonds. The minimum absolute atomic E-state index is 0.379. The molecule has 3 aromatic rings. The van der Waals surface area contributed by atoms with Crippen molar-refractivity contribution in [3.8, 4) is 11.5 Å². The van der Waals surface area contributed by atoms with Gasteiger partial charge >= 0.3 is 0 Å². The zero-order chi connectivity index (χ0) is 24.9. The number of nitrogens with zero attached hydrogens (tertiary/aromatic N) is 4. The number of ether oxygens (including phenoxy) is 2. The van der Waals surface area contributed by atoms with E-state index in [-0.39, 0.29) is 0 Å². The molecule has 7 nitrogen and oxygen atoms in total. The van der Waals surface area contributed by atoms with Crippen LogP contribution in [0.4, 0.5) is 17.1 Å². The van der Waals surface area contributed by atoms with Crippen molar-refractivity contribution in [1.29, 1.82) is 0 Å². The second-order valence-electron chi connectivity index (χ2n) is 8.70. The van der Waals surface area contributed by atoms with Gasteiger partial charge in [0, 0.05) is 55.4 Å². The van der Waals surface area contributed by atoms with Gasteiger partial charge < -0.3 is 24.6 Å². The molecule has 1 aliphatic rings. The monoisotopic (exact) mass is 513 g/mol. The standard InChI is InChI=1S/C26H29Cl2N5O2/c1-17-12-22(20(28)14-19(17)27)31-26-18-13-24(34-4)25(15-21(18)30-16-23(26)29-2)35-11-5-6-33-9-7-32(3)8-10-33/h12-16H,5-11H2,1,3-4H3,(H,30,31). The maximum absolute atomic E-state index is 7.63. The van der Waals surface area contributed by atoms with Crippen LogP contribution in [0.2, 0.25) is 10.0 Å². The molecule has 0 aliphatic carbocycles. The molecule has 1 fully saturated rings. The highest BCUT2D eigenvalue weighted by Gasteiger charge is 2.17. The Balaban J connectivity index is 1.56. The summed E-state index contributed by atoms with van der Waals surface area (Å²) in [4.78, 5) is 13.0. The molecule has 1 N–H and O–H groups in total. The number of anilines is 2. The number of aromatic nitrogens is 1. The first-order valence-electron chi connectivity index (χ1n) is 11.5. The zero-order valence-corrected chi connectivity index (χ0v) is 21.7. The predicted octanol–water partition coefficient (Wildman–Crippen LogP) is 6.17. The van der Waals surface area contributed by atoms with Crippen LogP contribution in [0.15, 0.2) is 30.5 Å². The third-order valence-electron chi connectivity index (χ3n) is 6.23. The van der Waals surface area contributed by atoms with E-state index in [1.807, 2.05) is 25.1 Å². The van der Waals surface area contributed by atoms with Gasteiger partial charge in [0.1, 0.15) is 0 Å². The molecule has 2 aromatic carbocycles. The van der Waals surface area contributed by atoms with Crippen molar-refractivity contribution >= 4 is 51.2 Å². The summed E-state index contributed by atoms with van der Waals surface area (Å²) in [6.45, 7) is 15.5. The Morgan fingerprint density at radius 3 is 2.57 bits per heavy atom. The van der Waals surface area contributed by atoms with E-state index in [2.05, 4.69) is 32.0 Å². The van der Waals surface area contributed by atoms with Crippen molar-refractivity contribution in [1.82, 2.24) is 14.8 Å². The van der Waals surface area contributed by atoms with Crippen LogP contribution in [0.25, 0.3) is 15.7 Å². The van der Waals surface area contributed by atoms with E-state index in [0.717, 1.165) is 50.1 Å². The van der Waals surface area contributed by atoms with Gasteiger partial charge in [-0.15, -0.1) is 0 Å². The van der Waals surface area contributed by atoms with E-state index in [1.54, 1.807) is 19.4 Å². The van der Waals surface area contributed by atoms with Crippen LogP contribution in [0, 0.1) is 13.5 Å². The number of fused-ring (bicyclic) bond motifs is 1. The van der Waals surface area contributed by atoms with Gasteiger partial charge in [0.05, 0.1) is 42.2 Å². The number of rotatable bonds is 8. The maximum Gasteiger partial charge on any atom is 0.228 e. The fourth-order valence-corrected chi connectivity index (χ4v) is 4.54. The van der Waals surface area contributed by atoms with Crippen molar-refractivity contribution in [2.75, 3.05) is 58.8 Å². The molecule has 0 spiro atoms. The molecule has 0 saturated carbocycles. The first-order valence-corrected chi connectivity index (χ1v) is 12.3. The number of methoxy groups -OCH3 is 1. The molecular formula is C26H29Cl2N5O2. The summed E-state index contributed by atoms with van der Waals surface area (Å²) >= 11 is 12.6. The summed E-state index contributed by atoms with van der Waals surface area (Å²) < 4.78 is 11.7. The molecule has 35 heavy (non-hydrogen) atoms. The summed E-state index contributed by atoms with van der Waals surface area (Å²) in [5, 5.41) is 5.11. The molecule has 4 rings (SSSR count). The van der Waals surface area contributed by atoms with Crippen molar-refractivity contribution in [2.45, 2.75) is 13.3 Å². The summed E-state index contributed by atoms with van der Waals surface area (Å²) in [7, 11) is 3.77. The lowest BCUT2D eigenvalue weighted by Crippen LogP contribution is -2.44. The lowest BCUT2D eigenvalue weighted by Gasteiger charge is -2.32. The van der Waals surface area contributed by atoms with Crippen LogP contribution in [-0.4, -0.2) is 68.3 Å². The fourth-order valence-electron chi connectivity index (χ4n) is 4.11. The highest BCUT2D eigenvalue weighted by Crippen LogP contribution is 2.41. The fraction of sp³-hybridized carbons (Fsp3) is 0.385. The maximum atomic E-state index is 7.63. The van der Waals surface area contributed by atoms with Crippen molar-refractivity contribution in [2.24, 2.45) is 0 Å². The Hall–Kier alpha value is -2.76. The number of benzene rings is 2. The number of likely N-dealkylation sites (N-methyl/N-ethyl adjacent to an activating group) is 1. The molecule has 0 unspecified atom stereocenters. The zero-order valence-electron chi connectivity index (χ0n) is 20.2. The quantitative estimate of drug-likeness (QED) is 0.287. The molecule has 184 valence electrons. The largest absolute Gasteiger partial charge is 0.493 e. The molecule has 1 saturated heterocycles. The van der Waals surface area contributed by atoms with Crippen molar-refractivity contribution in [3.63, 3.8) is 0 Å². The molecule has 0 atom stereocenters. The van der Waals surface area contributed by atoms with E-state index in [4.69, 9.17) is 39.2 Å². The van der Waals surface area contributed by atoms with Crippen molar-refractivity contribution < 1.29 is 9.47 Å². The lowest BCUT2D eigenvalue weighted by molar-refractivity contribution is 0.145. The Labute approximate surface area is 216 Å². The number of pyridine rings is 1. The van der Waals surface area contributed by atoms with Crippen LogP contribution in [0.5, 0.6) is 11.5 Å². The van der Waals surface area contributed by atoms with Crippen LogP contribution in [0.3, 0.4) is 0 Å². The molecule has 9 heteroatoms. The van der Waals surface area contributed by atoms with Gasteiger partial charge in [0.2, 0.25) is 5.69 Å². The van der Waals surface area contributed by atoms with Gasteiger partial charge in [-0.25, -0.2) is 4.85 Å². The average molecular weight is 514 g/mol. The summed E-state index contributed by atoms with van der Waals surface area (Å²) in [5.41, 5.74) is 3.22. The third kappa shape index (κ3) is 5.91. The summed E-state index contributed by atoms with van der Waals surface area (Å²) in [5.74, 6) is 1.22. The number of hydrogen-bond acceptors (Lipinski definition) is 6. The molecule has 0 radical (unpaired) electrons. The highest BCUT2D eigenvalue weighted by molar-refractivity contribution is 6.37. The van der Waals surface area contributed by atoms with E-state index in [0.29, 0.717) is 50.7 Å².